The highest BCUT2D eigenvalue weighted by Crippen LogP contribution is 2.23. The molecule has 0 saturated heterocycles. The Bertz CT molecular complexity index is 275. The minimum atomic E-state index is -0.430. The second kappa shape index (κ2) is 3.87. The fourth-order valence-electron chi connectivity index (χ4n) is 0.999. The molecule has 1 rings (SSSR count). The van der Waals surface area contributed by atoms with Gasteiger partial charge in [-0.25, -0.2) is 4.39 Å². The fraction of sp³-hybridized carbons (Fsp3) is 0.333. The van der Waals surface area contributed by atoms with E-state index >= 15 is 0 Å². The Kier molecular flexibility index (Phi) is 3.06. The molecule has 3 heteroatoms. The standard InChI is InChI=1S/C9H10ClFO/c1-6(5-12)7-3-2-4-8(10)9(7)11/h2-4,6,12H,5H2,1H3. The third-order valence-corrected chi connectivity index (χ3v) is 2.08. The Morgan fingerprint density at radius 3 is 2.83 bits per heavy atom. The van der Waals surface area contributed by atoms with Crippen LogP contribution in [0, 0.1) is 5.82 Å². The molecule has 0 amide bonds. The molecular weight excluding hydrogens is 179 g/mol. The van der Waals surface area contributed by atoms with Crippen LogP contribution in [0.3, 0.4) is 0 Å². The Morgan fingerprint density at radius 2 is 2.25 bits per heavy atom. The van der Waals surface area contributed by atoms with Gasteiger partial charge in [-0.1, -0.05) is 30.7 Å². The van der Waals surface area contributed by atoms with Crippen LogP contribution in [0.4, 0.5) is 4.39 Å². The zero-order valence-corrected chi connectivity index (χ0v) is 7.48. The lowest BCUT2D eigenvalue weighted by molar-refractivity contribution is 0.270. The summed E-state index contributed by atoms with van der Waals surface area (Å²) in [5.41, 5.74) is 0.463. The number of hydrogen-bond acceptors (Lipinski definition) is 1. The zero-order chi connectivity index (χ0) is 9.14. The van der Waals surface area contributed by atoms with E-state index in [9.17, 15) is 4.39 Å². The van der Waals surface area contributed by atoms with Crippen molar-refractivity contribution in [1.29, 1.82) is 0 Å². The van der Waals surface area contributed by atoms with Gasteiger partial charge >= 0.3 is 0 Å². The van der Waals surface area contributed by atoms with Crippen LogP contribution in [0.15, 0.2) is 18.2 Å². The molecule has 1 unspecified atom stereocenters. The minimum Gasteiger partial charge on any atom is -0.396 e. The molecule has 1 aromatic carbocycles. The van der Waals surface area contributed by atoms with E-state index in [1.54, 1.807) is 19.1 Å². The number of rotatable bonds is 2. The second-order valence-corrected chi connectivity index (χ2v) is 3.13. The summed E-state index contributed by atoms with van der Waals surface area (Å²) in [4.78, 5) is 0. The zero-order valence-electron chi connectivity index (χ0n) is 6.72. The molecule has 0 radical (unpaired) electrons. The highest BCUT2D eigenvalue weighted by Gasteiger charge is 2.11. The van der Waals surface area contributed by atoms with Gasteiger partial charge in [-0.3, -0.25) is 0 Å². The summed E-state index contributed by atoms with van der Waals surface area (Å²) in [7, 11) is 0. The summed E-state index contributed by atoms with van der Waals surface area (Å²) in [6.07, 6.45) is 0. The molecule has 66 valence electrons. The van der Waals surface area contributed by atoms with Crippen LogP contribution in [0.5, 0.6) is 0 Å². The first-order chi connectivity index (χ1) is 5.66. The quantitative estimate of drug-likeness (QED) is 0.757. The van der Waals surface area contributed by atoms with Gasteiger partial charge in [0.1, 0.15) is 5.82 Å². The van der Waals surface area contributed by atoms with E-state index in [0.29, 0.717) is 5.56 Å². The maximum Gasteiger partial charge on any atom is 0.145 e. The monoisotopic (exact) mass is 188 g/mol. The van der Waals surface area contributed by atoms with Crippen LogP contribution in [0.25, 0.3) is 0 Å². The third-order valence-electron chi connectivity index (χ3n) is 1.79. The Labute approximate surface area is 75.8 Å². The van der Waals surface area contributed by atoms with E-state index in [0.717, 1.165) is 0 Å². The molecule has 1 nitrogen and oxygen atoms in total. The van der Waals surface area contributed by atoms with Crippen molar-refractivity contribution in [3.63, 3.8) is 0 Å². The maximum atomic E-state index is 13.2. The van der Waals surface area contributed by atoms with E-state index in [-0.39, 0.29) is 17.5 Å². The number of benzene rings is 1. The normalized spacial score (nSPS) is 13.0. The Balaban J connectivity index is 3.07. The van der Waals surface area contributed by atoms with Crippen LogP contribution in [-0.4, -0.2) is 11.7 Å². The van der Waals surface area contributed by atoms with E-state index < -0.39 is 5.82 Å². The molecule has 0 aliphatic rings. The van der Waals surface area contributed by atoms with Gasteiger partial charge in [0.25, 0.3) is 0 Å². The van der Waals surface area contributed by atoms with Crippen LogP contribution < -0.4 is 0 Å². The fourth-order valence-corrected chi connectivity index (χ4v) is 1.18. The number of aliphatic hydroxyl groups is 1. The van der Waals surface area contributed by atoms with E-state index in [4.69, 9.17) is 16.7 Å². The molecule has 1 atom stereocenters. The van der Waals surface area contributed by atoms with Crippen LogP contribution >= 0.6 is 11.6 Å². The van der Waals surface area contributed by atoms with Gasteiger partial charge < -0.3 is 5.11 Å². The molecule has 0 aromatic heterocycles. The molecule has 0 heterocycles. The SMILES string of the molecule is CC(CO)c1cccc(Cl)c1F. The first-order valence-electron chi connectivity index (χ1n) is 3.71. The van der Waals surface area contributed by atoms with E-state index in [1.165, 1.54) is 6.07 Å². The molecule has 0 saturated carbocycles. The van der Waals surface area contributed by atoms with Gasteiger partial charge in [0.2, 0.25) is 0 Å². The van der Waals surface area contributed by atoms with Gasteiger partial charge in [0.05, 0.1) is 5.02 Å². The lowest BCUT2D eigenvalue weighted by Crippen LogP contribution is -2.01. The van der Waals surface area contributed by atoms with Crippen LogP contribution in [-0.2, 0) is 0 Å². The molecule has 0 spiro atoms. The van der Waals surface area contributed by atoms with Crippen molar-refractivity contribution in [3.05, 3.63) is 34.6 Å². The molecule has 1 N–H and O–H groups in total. The lowest BCUT2D eigenvalue weighted by Gasteiger charge is -2.09. The molecule has 0 aliphatic heterocycles. The Hall–Kier alpha value is -0.600. The van der Waals surface area contributed by atoms with Gasteiger partial charge in [0, 0.05) is 12.5 Å². The third kappa shape index (κ3) is 1.76. The summed E-state index contributed by atoms with van der Waals surface area (Å²) in [5.74, 6) is -0.635. The average molecular weight is 189 g/mol. The highest BCUT2D eigenvalue weighted by atomic mass is 35.5. The summed E-state index contributed by atoms with van der Waals surface area (Å²) in [6, 6.07) is 4.79. The van der Waals surface area contributed by atoms with Crippen molar-refractivity contribution in [2.75, 3.05) is 6.61 Å². The largest absolute Gasteiger partial charge is 0.396 e. The summed E-state index contributed by atoms with van der Waals surface area (Å²) in [5, 5.41) is 8.90. The lowest BCUT2D eigenvalue weighted by atomic mass is 10.0. The van der Waals surface area contributed by atoms with Gasteiger partial charge in [-0.15, -0.1) is 0 Å². The van der Waals surface area contributed by atoms with Crippen LogP contribution in [0.2, 0.25) is 5.02 Å². The summed E-state index contributed by atoms with van der Waals surface area (Å²) < 4.78 is 13.2. The van der Waals surface area contributed by atoms with Crippen molar-refractivity contribution >= 4 is 11.6 Å². The van der Waals surface area contributed by atoms with Gasteiger partial charge in [-0.2, -0.15) is 0 Å². The number of hydrogen-bond donors (Lipinski definition) is 1. The van der Waals surface area contributed by atoms with E-state index in [2.05, 4.69) is 0 Å². The van der Waals surface area contributed by atoms with Crippen molar-refractivity contribution in [2.45, 2.75) is 12.8 Å². The van der Waals surface area contributed by atoms with Crippen molar-refractivity contribution in [3.8, 4) is 0 Å². The summed E-state index contributed by atoms with van der Waals surface area (Å²) >= 11 is 5.56. The molecule has 0 aliphatic carbocycles. The minimum absolute atomic E-state index is 0.0722. The first-order valence-corrected chi connectivity index (χ1v) is 4.09. The van der Waals surface area contributed by atoms with E-state index in [1.807, 2.05) is 0 Å². The molecule has 0 bridgehead atoms. The second-order valence-electron chi connectivity index (χ2n) is 2.73. The molecule has 1 aromatic rings. The van der Waals surface area contributed by atoms with Gasteiger partial charge in [0.15, 0.2) is 0 Å². The maximum absolute atomic E-state index is 13.2. The Morgan fingerprint density at radius 1 is 1.58 bits per heavy atom. The van der Waals surface area contributed by atoms with Crippen LogP contribution in [0.1, 0.15) is 18.4 Å². The predicted molar refractivity (Wildman–Crippen MR) is 46.9 cm³/mol. The number of halogens is 2. The first kappa shape index (κ1) is 9.49. The van der Waals surface area contributed by atoms with Gasteiger partial charge in [-0.05, 0) is 11.6 Å². The average Bonchev–Trinajstić information content (AvgIpc) is 2.08. The van der Waals surface area contributed by atoms with Crippen molar-refractivity contribution in [1.82, 2.24) is 0 Å². The van der Waals surface area contributed by atoms with Crippen molar-refractivity contribution in [2.24, 2.45) is 0 Å². The highest BCUT2D eigenvalue weighted by molar-refractivity contribution is 6.30. The molecular formula is C9H10ClFO. The smallest absolute Gasteiger partial charge is 0.145 e. The number of aliphatic hydroxyl groups excluding tert-OH is 1. The molecule has 0 fully saturated rings. The molecule has 12 heavy (non-hydrogen) atoms. The van der Waals surface area contributed by atoms with Crippen molar-refractivity contribution < 1.29 is 9.50 Å². The predicted octanol–water partition coefficient (Wildman–Crippen LogP) is 2.57. The topological polar surface area (TPSA) is 20.2 Å². The summed E-state index contributed by atoms with van der Waals surface area (Å²) in [6.45, 7) is 1.67.